The number of nitrogens with zero attached hydrogens (tertiary/aromatic N) is 3. The molecule has 0 aliphatic carbocycles. The van der Waals surface area contributed by atoms with Crippen LogP contribution < -0.4 is 0 Å². The van der Waals surface area contributed by atoms with Crippen LogP contribution in [-0.2, 0) is 11.2 Å². The molecule has 1 aromatic heterocycles. The summed E-state index contributed by atoms with van der Waals surface area (Å²) in [5, 5.41) is 7.81. The van der Waals surface area contributed by atoms with Gasteiger partial charge in [0, 0.05) is 6.42 Å². The van der Waals surface area contributed by atoms with Crippen molar-refractivity contribution in [1.29, 1.82) is 0 Å². The molecule has 0 bridgehead atoms. The number of carbonyl (C=O) groups is 1. The fourth-order valence-electron chi connectivity index (χ4n) is 2.32. The van der Waals surface area contributed by atoms with Gasteiger partial charge in [0.1, 0.15) is 11.5 Å². The molecular formula is C17H14FN3O2. The van der Waals surface area contributed by atoms with Gasteiger partial charge in [-0.1, -0.05) is 47.7 Å². The first-order valence-corrected chi connectivity index (χ1v) is 7.02. The minimum absolute atomic E-state index is 0.0830. The van der Waals surface area contributed by atoms with Crippen LogP contribution in [0.5, 0.6) is 0 Å². The monoisotopic (exact) mass is 311 g/mol. The number of ether oxygens (including phenoxy) is 1. The Hall–Kier alpha value is -3.02. The molecule has 3 rings (SSSR count). The van der Waals surface area contributed by atoms with Crippen LogP contribution in [0.25, 0.3) is 5.69 Å². The normalized spacial score (nSPS) is 10.5. The zero-order valence-electron chi connectivity index (χ0n) is 12.4. The minimum Gasteiger partial charge on any atom is -0.464 e. The van der Waals surface area contributed by atoms with Gasteiger partial charge in [-0.25, -0.2) is 13.9 Å². The number of aromatic nitrogens is 3. The maximum absolute atomic E-state index is 14.1. The first kappa shape index (κ1) is 14.9. The van der Waals surface area contributed by atoms with E-state index in [9.17, 15) is 9.18 Å². The Morgan fingerprint density at radius 3 is 2.52 bits per heavy atom. The molecule has 0 aliphatic rings. The van der Waals surface area contributed by atoms with Gasteiger partial charge in [0.05, 0.1) is 12.8 Å². The average molecular weight is 311 g/mol. The lowest BCUT2D eigenvalue weighted by Crippen LogP contribution is -2.10. The van der Waals surface area contributed by atoms with Gasteiger partial charge in [0.2, 0.25) is 0 Å². The van der Waals surface area contributed by atoms with Crippen molar-refractivity contribution in [3.05, 3.63) is 77.4 Å². The quantitative estimate of drug-likeness (QED) is 0.695. The molecule has 0 saturated carbocycles. The van der Waals surface area contributed by atoms with Gasteiger partial charge in [-0.2, -0.15) is 0 Å². The number of hydrogen-bond acceptors (Lipinski definition) is 4. The second-order valence-corrected chi connectivity index (χ2v) is 4.90. The van der Waals surface area contributed by atoms with Gasteiger partial charge in [-0.05, 0) is 17.7 Å². The highest BCUT2D eigenvalue weighted by molar-refractivity contribution is 5.88. The Morgan fingerprint density at radius 2 is 1.83 bits per heavy atom. The highest BCUT2D eigenvalue weighted by atomic mass is 19.1. The highest BCUT2D eigenvalue weighted by Gasteiger charge is 2.22. The average Bonchev–Trinajstić information content (AvgIpc) is 2.99. The SMILES string of the molecule is COC(=O)c1nnn(-c2ccccc2F)c1Cc1ccccc1. The lowest BCUT2D eigenvalue weighted by Gasteiger charge is -2.08. The third kappa shape index (κ3) is 2.96. The van der Waals surface area contributed by atoms with Gasteiger partial charge in [0.15, 0.2) is 5.69 Å². The summed E-state index contributed by atoms with van der Waals surface area (Å²) in [5.41, 5.74) is 1.76. The lowest BCUT2D eigenvalue weighted by atomic mass is 10.1. The predicted octanol–water partition coefficient (Wildman–Crippen LogP) is 2.78. The van der Waals surface area contributed by atoms with Crippen LogP contribution in [-0.4, -0.2) is 28.1 Å². The van der Waals surface area contributed by atoms with Crippen LogP contribution in [0.2, 0.25) is 0 Å². The van der Waals surface area contributed by atoms with Gasteiger partial charge >= 0.3 is 5.97 Å². The molecule has 0 saturated heterocycles. The van der Waals surface area contributed by atoms with Gasteiger partial charge in [-0.15, -0.1) is 5.10 Å². The largest absolute Gasteiger partial charge is 0.464 e. The van der Waals surface area contributed by atoms with Crippen LogP contribution >= 0.6 is 0 Å². The fourth-order valence-corrected chi connectivity index (χ4v) is 2.32. The van der Waals surface area contributed by atoms with E-state index in [4.69, 9.17) is 4.74 Å². The summed E-state index contributed by atoms with van der Waals surface area (Å²) in [5.74, 6) is -1.04. The molecule has 0 radical (unpaired) electrons. The Kier molecular flexibility index (Phi) is 4.14. The third-order valence-corrected chi connectivity index (χ3v) is 3.44. The summed E-state index contributed by atoms with van der Waals surface area (Å²) in [4.78, 5) is 11.9. The number of hydrogen-bond donors (Lipinski definition) is 0. The van der Waals surface area contributed by atoms with Crippen LogP contribution in [0.1, 0.15) is 21.7 Å². The predicted molar refractivity (Wildman–Crippen MR) is 81.9 cm³/mol. The van der Waals surface area contributed by atoms with Gasteiger partial charge in [-0.3, -0.25) is 0 Å². The summed E-state index contributed by atoms with van der Waals surface area (Å²) in [6.07, 6.45) is 0.382. The van der Waals surface area contributed by atoms with E-state index in [-0.39, 0.29) is 11.4 Å². The molecule has 1 heterocycles. The molecule has 0 spiro atoms. The summed E-state index contributed by atoms with van der Waals surface area (Å²) >= 11 is 0. The number of methoxy groups -OCH3 is 1. The molecule has 5 nitrogen and oxygen atoms in total. The summed E-state index contributed by atoms with van der Waals surface area (Å²) in [6, 6.07) is 15.7. The number of para-hydroxylation sites is 1. The number of halogens is 1. The fraction of sp³-hybridized carbons (Fsp3) is 0.118. The Labute approximate surface area is 132 Å². The summed E-state index contributed by atoms with van der Waals surface area (Å²) < 4.78 is 20.2. The van der Waals surface area contributed by atoms with Crippen molar-refractivity contribution in [1.82, 2.24) is 15.0 Å². The molecule has 0 fully saturated rings. The number of benzene rings is 2. The molecule has 23 heavy (non-hydrogen) atoms. The maximum atomic E-state index is 14.1. The van der Waals surface area contributed by atoms with Crippen molar-refractivity contribution in [2.45, 2.75) is 6.42 Å². The van der Waals surface area contributed by atoms with Crippen molar-refractivity contribution in [2.75, 3.05) is 7.11 Å². The Bertz CT molecular complexity index is 831. The van der Waals surface area contributed by atoms with Crippen molar-refractivity contribution < 1.29 is 13.9 Å². The van der Waals surface area contributed by atoms with E-state index >= 15 is 0 Å². The van der Waals surface area contributed by atoms with Crippen LogP contribution in [0.4, 0.5) is 4.39 Å². The van der Waals surface area contributed by atoms with Crippen LogP contribution in [0.3, 0.4) is 0 Å². The van der Waals surface area contributed by atoms with E-state index in [2.05, 4.69) is 10.3 Å². The first-order valence-electron chi connectivity index (χ1n) is 7.02. The lowest BCUT2D eigenvalue weighted by molar-refractivity contribution is 0.0592. The zero-order chi connectivity index (χ0) is 16.2. The standard InChI is InChI=1S/C17H14FN3O2/c1-23-17(22)16-15(11-12-7-3-2-4-8-12)21(20-19-16)14-10-6-5-9-13(14)18/h2-10H,11H2,1H3. The van der Waals surface area contributed by atoms with E-state index in [1.807, 2.05) is 30.3 Å². The van der Waals surface area contributed by atoms with Crippen LogP contribution in [0.15, 0.2) is 54.6 Å². The smallest absolute Gasteiger partial charge is 0.360 e. The zero-order valence-corrected chi connectivity index (χ0v) is 12.4. The molecule has 0 amide bonds. The molecule has 116 valence electrons. The van der Waals surface area contributed by atoms with E-state index in [0.717, 1.165) is 5.56 Å². The molecule has 6 heteroatoms. The Balaban J connectivity index is 2.12. The second-order valence-electron chi connectivity index (χ2n) is 4.90. The summed E-state index contributed by atoms with van der Waals surface area (Å²) in [6.45, 7) is 0. The van der Waals surface area contributed by atoms with Crippen molar-refractivity contribution in [3.63, 3.8) is 0 Å². The molecule has 0 unspecified atom stereocenters. The highest BCUT2D eigenvalue weighted by Crippen LogP contribution is 2.19. The number of esters is 1. The second kappa shape index (κ2) is 6.39. The molecule has 0 aliphatic heterocycles. The van der Waals surface area contributed by atoms with Crippen molar-refractivity contribution in [3.8, 4) is 5.69 Å². The van der Waals surface area contributed by atoms with Gasteiger partial charge in [0.25, 0.3) is 0 Å². The Morgan fingerprint density at radius 1 is 1.13 bits per heavy atom. The van der Waals surface area contributed by atoms with Crippen LogP contribution in [0, 0.1) is 5.82 Å². The van der Waals surface area contributed by atoms with E-state index < -0.39 is 11.8 Å². The minimum atomic E-state index is -0.599. The topological polar surface area (TPSA) is 57.0 Å². The molecule has 0 N–H and O–H groups in total. The first-order chi connectivity index (χ1) is 11.2. The van der Waals surface area contributed by atoms with Gasteiger partial charge < -0.3 is 4.74 Å². The molecule has 0 atom stereocenters. The summed E-state index contributed by atoms with van der Waals surface area (Å²) in [7, 11) is 1.27. The molecule has 2 aromatic carbocycles. The molecular weight excluding hydrogens is 297 g/mol. The van der Waals surface area contributed by atoms with E-state index in [1.54, 1.807) is 18.2 Å². The number of rotatable bonds is 4. The third-order valence-electron chi connectivity index (χ3n) is 3.44. The maximum Gasteiger partial charge on any atom is 0.360 e. The van der Waals surface area contributed by atoms with E-state index in [1.165, 1.54) is 17.9 Å². The number of carbonyl (C=O) groups excluding carboxylic acids is 1. The van der Waals surface area contributed by atoms with Crippen molar-refractivity contribution >= 4 is 5.97 Å². The molecule has 3 aromatic rings. The van der Waals surface area contributed by atoms with Crippen molar-refractivity contribution in [2.24, 2.45) is 0 Å². The van der Waals surface area contributed by atoms with E-state index in [0.29, 0.717) is 12.1 Å².